The van der Waals surface area contributed by atoms with Crippen LogP contribution in [-0.4, -0.2) is 23.2 Å². The van der Waals surface area contributed by atoms with Crippen LogP contribution in [0.2, 0.25) is 5.15 Å². The Morgan fingerprint density at radius 3 is 2.77 bits per heavy atom. The first kappa shape index (κ1) is 8.99. The zero-order valence-corrected chi connectivity index (χ0v) is 8.48. The third-order valence-electron chi connectivity index (χ3n) is 1.87. The Kier molecular flexibility index (Phi) is 2.53. The summed E-state index contributed by atoms with van der Waals surface area (Å²) in [5.41, 5.74) is 0. The van der Waals surface area contributed by atoms with Crippen LogP contribution in [0.25, 0.3) is 0 Å². The lowest BCUT2D eigenvalue weighted by molar-refractivity contribution is 0.285. The summed E-state index contributed by atoms with van der Waals surface area (Å²) < 4.78 is 0. The molecule has 1 aromatic rings. The van der Waals surface area contributed by atoms with E-state index in [1.54, 1.807) is 0 Å². The van der Waals surface area contributed by atoms with E-state index in [1.165, 1.54) is 11.3 Å². The fraction of sp³-hybridized carbons (Fsp3) is 0.375. The third kappa shape index (κ3) is 1.70. The number of halogens is 1. The number of thiazole rings is 1. The Morgan fingerprint density at radius 1 is 1.54 bits per heavy atom. The summed E-state index contributed by atoms with van der Waals surface area (Å²) in [6.45, 7) is 1.74. The van der Waals surface area contributed by atoms with E-state index in [9.17, 15) is 0 Å². The van der Waals surface area contributed by atoms with Gasteiger partial charge >= 0.3 is 0 Å². The van der Waals surface area contributed by atoms with E-state index in [0.29, 0.717) is 5.15 Å². The molecule has 1 aliphatic rings. The Labute approximate surface area is 85.3 Å². The molecule has 70 valence electrons. The Bertz CT molecular complexity index is 329. The smallest absolute Gasteiger partial charge is 0.187 e. The predicted molar refractivity (Wildman–Crippen MR) is 54.4 cm³/mol. The zero-order chi connectivity index (χ0) is 9.26. The maximum Gasteiger partial charge on any atom is 0.187 e. The molecule has 0 fully saturated rings. The lowest BCUT2D eigenvalue weighted by Gasteiger charge is -2.12. The largest absolute Gasteiger partial charge is 0.391 e. The van der Waals surface area contributed by atoms with Gasteiger partial charge in [-0.2, -0.15) is 0 Å². The van der Waals surface area contributed by atoms with Crippen LogP contribution >= 0.6 is 22.9 Å². The first-order valence-corrected chi connectivity index (χ1v) is 5.16. The molecule has 0 aliphatic carbocycles. The van der Waals surface area contributed by atoms with Gasteiger partial charge in [0.25, 0.3) is 0 Å². The van der Waals surface area contributed by atoms with Gasteiger partial charge in [0, 0.05) is 13.1 Å². The minimum Gasteiger partial charge on any atom is -0.391 e. The number of hydrogen-bond acceptors (Lipinski definition) is 4. The van der Waals surface area contributed by atoms with Crippen LogP contribution in [0.5, 0.6) is 0 Å². The fourth-order valence-electron chi connectivity index (χ4n) is 1.19. The molecule has 0 unspecified atom stereocenters. The fourth-order valence-corrected chi connectivity index (χ4v) is 2.32. The molecular weight excluding hydrogens is 208 g/mol. The van der Waals surface area contributed by atoms with E-state index in [2.05, 4.69) is 22.0 Å². The number of hydrogen-bond donors (Lipinski definition) is 1. The van der Waals surface area contributed by atoms with Crippen molar-refractivity contribution in [3.8, 4) is 0 Å². The zero-order valence-electron chi connectivity index (χ0n) is 6.90. The molecule has 0 radical (unpaired) electrons. The number of aliphatic hydroxyl groups is 1. The van der Waals surface area contributed by atoms with Gasteiger partial charge in [0.1, 0.15) is 5.15 Å². The topological polar surface area (TPSA) is 36.4 Å². The second kappa shape index (κ2) is 3.65. The number of aliphatic hydroxyl groups excluding tert-OH is 1. The first-order chi connectivity index (χ1) is 6.31. The first-order valence-electron chi connectivity index (χ1n) is 3.97. The summed E-state index contributed by atoms with van der Waals surface area (Å²) in [6, 6.07) is 0. The average molecular weight is 217 g/mol. The van der Waals surface area contributed by atoms with Gasteiger partial charge < -0.3 is 10.0 Å². The van der Waals surface area contributed by atoms with Crippen molar-refractivity contribution in [1.29, 1.82) is 0 Å². The molecule has 0 aromatic carbocycles. The van der Waals surface area contributed by atoms with Gasteiger partial charge in [0.2, 0.25) is 0 Å². The Balaban J connectivity index is 2.21. The second-order valence-electron chi connectivity index (χ2n) is 2.74. The normalized spacial score (nSPS) is 15.7. The van der Waals surface area contributed by atoms with Gasteiger partial charge in [-0.05, 0) is 0 Å². The van der Waals surface area contributed by atoms with Crippen LogP contribution < -0.4 is 4.90 Å². The summed E-state index contributed by atoms with van der Waals surface area (Å²) in [4.78, 5) is 7.02. The van der Waals surface area contributed by atoms with Gasteiger partial charge in [-0.25, -0.2) is 4.98 Å². The number of rotatable bonds is 2. The van der Waals surface area contributed by atoms with Crippen molar-refractivity contribution in [2.45, 2.75) is 6.61 Å². The molecule has 3 nitrogen and oxygen atoms in total. The summed E-state index contributed by atoms with van der Waals surface area (Å²) >= 11 is 7.27. The molecule has 1 aliphatic heterocycles. The number of nitrogens with zero attached hydrogens (tertiary/aromatic N) is 2. The van der Waals surface area contributed by atoms with Crippen LogP contribution in [0.1, 0.15) is 4.88 Å². The molecule has 0 spiro atoms. The highest BCUT2D eigenvalue weighted by atomic mass is 35.5. The Morgan fingerprint density at radius 2 is 2.23 bits per heavy atom. The van der Waals surface area contributed by atoms with Crippen LogP contribution in [0.3, 0.4) is 0 Å². The van der Waals surface area contributed by atoms with Gasteiger partial charge in [-0.1, -0.05) is 35.1 Å². The van der Waals surface area contributed by atoms with E-state index in [-0.39, 0.29) is 6.61 Å². The molecule has 0 bridgehead atoms. The molecule has 0 saturated heterocycles. The molecule has 1 N–H and O–H groups in total. The van der Waals surface area contributed by atoms with Gasteiger partial charge in [0.15, 0.2) is 5.13 Å². The highest BCUT2D eigenvalue weighted by Crippen LogP contribution is 2.30. The van der Waals surface area contributed by atoms with E-state index in [4.69, 9.17) is 16.7 Å². The molecule has 0 saturated carbocycles. The summed E-state index contributed by atoms with van der Waals surface area (Å²) in [5.74, 6) is 0. The van der Waals surface area contributed by atoms with E-state index >= 15 is 0 Å². The predicted octanol–water partition coefficient (Wildman–Crippen LogP) is 1.67. The molecule has 2 heterocycles. The second-order valence-corrected chi connectivity index (χ2v) is 4.17. The molecular formula is C8H9ClN2OS. The van der Waals surface area contributed by atoms with Gasteiger partial charge in [0.05, 0.1) is 11.5 Å². The quantitative estimate of drug-likeness (QED) is 0.764. The van der Waals surface area contributed by atoms with Crippen molar-refractivity contribution in [2.75, 3.05) is 18.0 Å². The van der Waals surface area contributed by atoms with Crippen molar-refractivity contribution < 1.29 is 5.11 Å². The molecule has 5 heteroatoms. The number of anilines is 1. The van der Waals surface area contributed by atoms with Gasteiger partial charge in [-0.15, -0.1) is 0 Å². The van der Waals surface area contributed by atoms with Crippen LogP contribution in [0.4, 0.5) is 5.13 Å². The van der Waals surface area contributed by atoms with Crippen molar-refractivity contribution >= 4 is 28.1 Å². The molecule has 0 atom stereocenters. The maximum absolute atomic E-state index is 8.93. The molecule has 0 amide bonds. The highest BCUT2D eigenvalue weighted by molar-refractivity contribution is 7.16. The van der Waals surface area contributed by atoms with Crippen LogP contribution in [0.15, 0.2) is 12.2 Å². The highest BCUT2D eigenvalue weighted by Gasteiger charge is 2.14. The van der Waals surface area contributed by atoms with E-state index in [0.717, 1.165) is 23.1 Å². The van der Waals surface area contributed by atoms with E-state index in [1.807, 2.05) is 0 Å². The summed E-state index contributed by atoms with van der Waals surface area (Å²) in [6.07, 6.45) is 4.18. The van der Waals surface area contributed by atoms with Crippen molar-refractivity contribution in [3.63, 3.8) is 0 Å². The Hall–Kier alpha value is -0.580. The molecule has 2 rings (SSSR count). The summed E-state index contributed by atoms with van der Waals surface area (Å²) in [7, 11) is 0. The minimum atomic E-state index is -0.0300. The average Bonchev–Trinajstić information content (AvgIpc) is 2.71. The standard InChI is InChI=1S/C8H9ClN2OS/c9-7-6(5-12)13-8(10-7)11-3-1-2-4-11/h1-2,12H,3-5H2. The summed E-state index contributed by atoms with van der Waals surface area (Å²) in [5, 5.41) is 10.2. The molecule has 13 heavy (non-hydrogen) atoms. The van der Waals surface area contributed by atoms with Crippen molar-refractivity contribution in [2.24, 2.45) is 0 Å². The monoisotopic (exact) mass is 216 g/mol. The van der Waals surface area contributed by atoms with Gasteiger partial charge in [-0.3, -0.25) is 0 Å². The lowest BCUT2D eigenvalue weighted by atomic mass is 10.6. The van der Waals surface area contributed by atoms with Crippen LogP contribution in [-0.2, 0) is 6.61 Å². The maximum atomic E-state index is 8.93. The molecule has 1 aromatic heterocycles. The minimum absolute atomic E-state index is 0.0300. The van der Waals surface area contributed by atoms with Crippen molar-refractivity contribution in [1.82, 2.24) is 4.98 Å². The number of aromatic nitrogens is 1. The van der Waals surface area contributed by atoms with Crippen molar-refractivity contribution in [3.05, 3.63) is 22.2 Å². The lowest BCUT2D eigenvalue weighted by Crippen LogP contribution is -2.17. The van der Waals surface area contributed by atoms with Crippen LogP contribution in [0, 0.1) is 0 Å². The SMILES string of the molecule is OCc1sc(N2CC=CC2)nc1Cl. The van der Waals surface area contributed by atoms with E-state index < -0.39 is 0 Å². The third-order valence-corrected chi connectivity index (χ3v) is 3.40.